The third kappa shape index (κ3) is 4.13. The molecule has 0 bridgehead atoms. The second kappa shape index (κ2) is 7.13. The Hall–Kier alpha value is -1.39. The molecule has 1 aromatic rings. The zero-order valence-electron chi connectivity index (χ0n) is 11.4. The molecule has 3 N–H and O–H groups in total. The molecule has 4 nitrogen and oxygen atoms in total. The lowest BCUT2D eigenvalue weighted by molar-refractivity contribution is -0.127. The molecular formula is C14H23N3O. The van der Waals surface area contributed by atoms with Gasteiger partial charge in [0.15, 0.2) is 0 Å². The van der Waals surface area contributed by atoms with Crippen molar-refractivity contribution in [2.75, 3.05) is 13.6 Å². The fourth-order valence-corrected chi connectivity index (χ4v) is 2.19. The van der Waals surface area contributed by atoms with E-state index in [-0.39, 0.29) is 17.9 Å². The Balaban J connectivity index is 2.57. The molecular weight excluding hydrogens is 226 g/mol. The van der Waals surface area contributed by atoms with E-state index < -0.39 is 0 Å². The second-order valence-corrected chi connectivity index (χ2v) is 4.91. The fourth-order valence-electron chi connectivity index (χ4n) is 2.19. The summed E-state index contributed by atoms with van der Waals surface area (Å²) in [6.45, 7) is 4.89. The topological polar surface area (TPSA) is 58.4 Å². The molecule has 0 aliphatic rings. The van der Waals surface area contributed by atoms with Crippen LogP contribution in [0.3, 0.4) is 0 Å². The Labute approximate surface area is 109 Å². The van der Waals surface area contributed by atoms with Crippen molar-refractivity contribution in [2.45, 2.75) is 26.3 Å². The van der Waals surface area contributed by atoms with Crippen LogP contribution in [0, 0.1) is 5.92 Å². The first-order valence-electron chi connectivity index (χ1n) is 6.31. The van der Waals surface area contributed by atoms with Crippen LogP contribution in [-0.2, 0) is 11.2 Å². The number of likely N-dealkylation sites (N-methyl/N-ethyl adjacent to an activating group) is 1. The van der Waals surface area contributed by atoms with Crippen LogP contribution < -0.4 is 11.3 Å². The number of carbonyl (C=O) groups excluding carboxylic acids is 1. The predicted octanol–water partition coefficient (Wildman–Crippen LogP) is 1.18. The summed E-state index contributed by atoms with van der Waals surface area (Å²) in [5.41, 5.74) is 3.52. The lowest BCUT2D eigenvalue weighted by Crippen LogP contribution is -2.50. The zero-order valence-corrected chi connectivity index (χ0v) is 11.4. The molecule has 100 valence electrons. The summed E-state index contributed by atoms with van der Waals surface area (Å²) in [5.74, 6) is 5.34. The molecule has 0 aliphatic carbocycles. The van der Waals surface area contributed by atoms with Crippen LogP contribution >= 0.6 is 0 Å². The SMILES string of the molecule is CC(C)C(C(=O)NN)N(C)CCc1ccccc1. The van der Waals surface area contributed by atoms with Crippen LogP contribution in [0.25, 0.3) is 0 Å². The van der Waals surface area contributed by atoms with Gasteiger partial charge >= 0.3 is 0 Å². The van der Waals surface area contributed by atoms with Crippen molar-refractivity contribution in [3.8, 4) is 0 Å². The van der Waals surface area contributed by atoms with Crippen molar-refractivity contribution >= 4 is 5.91 Å². The molecule has 0 radical (unpaired) electrons. The van der Waals surface area contributed by atoms with Gasteiger partial charge in [-0.1, -0.05) is 44.2 Å². The van der Waals surface area contributed by atoms with Gasteiger partial charge in [-0.25, -0.2) is 5.84 Å². The highest BCUT2D eigenvalue weighted by molar-refractivity contribution is 5.81. The number of hydrazine groups is 1. The summed E-state index contributed by atoms with van der Waals surface area (Å²) in [6, 6.07) is 10.1. The summed E-state index contributed by atoms with van der Waals surface area (Å²) in [6.07, 6.45) is 0.929. The number of amides is 1. The predicted molar refractivity (Wildman–Crippen MR) is 73.7 cm³/mol. The maximum absolute atomic E-state index is 11.7. The number of hydrogen-bond donors (Lipinski definition) is 2. The first-order valence-corrected chi connectivity index (χ1v) is 6.31. The van der Waals surface area contributed by atoms with Gasteiger partial charge < -0.3 is 0 Å². The standard InChI is InChI=1S/C14H23N3O/c1-11(2)13(14(18)16-15)17(3)10-9-12-7-5-4-6-8-12/h4-8,11,13H,9-10,15H2,1-3H3,(H,16,18). The lowest BCUT2D eigenvalue weighted by atomic mass is 10.0. The molecule has 0 heterocycles. The normalized spacial score (nSPS) is 12.8. The van der Waals surface area contributed by atoms with Gasteiger partial charge in [0.05, 0.1) is 6.04 Å². The number of nitrogens with zero attached hydrogens (tertiary/aromatic N) is 1. The van der Waals surface area contributed by atoms with E-state index in [1.54, 1.807) is 0 Å². The average Bonchev–Trinajstić information content (AvgIpc) is 2.37. The molecule has 0 spiro atoms. The highest BCUT2D eigenvalue weighted by Gasteiger charge is 2.25. The summed E-state index contributed by atoms with van der Waals surface area (Å²) >= 11 is 0. The third-order valence-electron chi connectivity index (χ3n) is 3.11. The van der Waals surface area contributed by atoms with Gasteiger partial charge in [0.25, 0.3) is 5.91 Å². The van der Waals surface area contributed by atoms with Crippen molar-refractivity contribution in [3.05, 3.63) is 35.9 Å². The maximum Gasteiger partial charge on any atom is 0.251 e. The van der Waals surface area contributed by atoms with E-state index in [4.69, 9.17) is 5.84 Å². The van der Waals surface area contributed by atoms with Crippen molar-refractivity contribution in [1.82, 2.24) is 10.3 Å². The molecule has 0 saturated carbocycles. The van der Waals surface area contributed by atoms with E-state index in [1.165, 1.54) is 5.56 Å². The molecule has 1 aromatic carbocycles. The Morgan fingerprint density at radius 2 is 1.94 bits per heavy atom. The highest BCUT2D eigenvalue weighted by atomic mass is 16.2. The van der Waals surface area contributed by atoms with Gasteiger partial charge in [-0.2, -0.15) is 0 Å². The molecule has 1 rings (SSSR count). The number of rotatable bonds is 6. The first-order chi connectivity index (χ1) is 8.56. The Bertz CT molecular complexity index is 365. The van der Waals surface area contributed by atoms with Gasteiger partial charge in [-0.05, 0) is 24.9 Å². The van der Waals surface area contributed by atoms with Crippen LogP contribution in [0.2, 0.25) is 0 Å². The number of nitrogens with two attached hydrogens (primary N) is 1. The van der Waals surface area contributed by atoms with Crippen LogP contribution in [0.5, 0.6) is 0 Å². The molecule has 1 amide bonds. The Kier molecular flexibility index (Phi) is 5.82. The third-order valence-corrected chi connectivity index (χ3v) is 3.11. The minimum atomic E-state index is -0.182. The average molecular weight is 249 g/mol. The number of benzene rings is 1. The van der Waals surface area contributed by atoms with Crippen molar-refractivity contribution in [1.29, 1.82) is 0 Å². The summed E-state index contributed by atoms with van der Waals surface area (Å²) < 4.78 is 0. The van der Waals surface area contributed by atoms with E-state index in [0.29, 0.717) is 0 Å². The molecule has 4 heteroatoms. The molecule has 1 unspecified atom stereocenters. The maximum atomic E-state index is 11.7. The van der Waals surface area contributed by atoms with Crippen LogP contribution in [0.1, 0.15) is 19.4 Å². The largest absolute Gasteiger partial charge is 0.294 e. The smallest absolute Gasteiger partial charge is 0.251 e. The molecule has 0 aliphatic heterocycles. The number of nitrogens with one attached hydrogen (secondary N) is 1. The quantitative estimate of drug-likeness (QED) is 0.452. The molecule has 1 atom stereocenters. The van der Waals surface area contributed by atoms with Crippen LogP contribution in [0.4, 0.5) is 0 Å². The van der Waals surface area contributed by atoms with Gasteiger partial charge in [-0.15, -0.1) is 0 Å². The summed E-state index contributed by atoms with van der Waals surface area (Å²) in [4.78, 5) is 13.8. The Morgan fingerprint density at radius 3 is 2.44 bits per heavy atom. The van der Waals surface area contributed by atoms with E-state index in [9.17, 15) is 4.79 Å². The number of hydrogen-bond acceptors (Lipinski definition) is 3. The van der Waals surface area contributed by atoms with E-state index in [1.807, 2.05) is 39.1 Å². The van der Waals surface area contributed by atoms with Gasteiger partial charge in [0, 0.05) is 6.54 Å². The van der Waals surface area contributed by atoms with Gasteiger partial charge in [0.1, 0.15) is 0 Å². The van der Waals surface area contributed by atoms with Crippen molar-refractivity contribution < 1.29 is 4.79 Å². The molecule has 0 fully saturated rings. The zero-order chi connectivity index (χ0) is 13.5. The van der Waals surface area contributed by atoms with E-state index >= 15 is 0 Å². The summed E-state index contributed by atoms with van der Waals surface area (Å²) in [7, 11) is 1.96. The minimum absolute atomic E-state index is 0.124. The van der Waals surface area contributed by atoms with Crippen LogP contribution in [-0.4, -0.2) is 30.4 Å². The van der Waals surface area contributed by atoms with Crippen LogP contribution in [0.15, 0.2) is 30.3 Å². The molecule has 0 aromatic heterocycles. The first kappa shape index (κ1) is 14.7. The second-order valence-electron chi connectivity index (χ2n) is 4.91. The van der Waals surface area contributed by atoms with E-state index in [0.717, 1.165) is 13.0 Å². The fraction of sp³-hybridized carbons (Fsp3) is 0.500. The Morgan fingerprint density at radius 1 is 1.33 bits per heavy atom. The van der Waals surface area contributed by atoms with Gasteiger partial charge in [-0.3, -0.25) is 15.1 Å². The highest BCUT2D eigenvalue weighted by Crippen LogP contribution is 2.10. The number of carbonyl (C=O) groups is 1. The minimum Gasteiger partial charge on any atom is -0.294 e. The molecule has 0 saturated heterocycles. The summed E-state index contributed by atoms with van der Waals surface area (Å²) in [5, 5.41) is 0. The molecule has 18 heavy (non-hydrogen) atoms. The monoisotopic (exact) mass is 249 g/mol. The lowest BCUT2D eigenvalue weighted by Gasteiger charge is -2.29. The van der Waals surface area contributed by atoms with E-state index in [2.05, 4.69) is 22.5 Å². The van der Waals surface area contributed by atoms with Crippen molar-refractivity contribution in [2.24, 2.45) is 11.8 Å². The van der Waals surface area contributed by atoms with Crippen molar-refractivity contribution in [3.63, 3.8) is 0 Å². The van der Waals surface area contributed by atoms with Gasteiger partial charge in [0.2, 0.25) is 0 Å².